The first-order valence-electron chi connectivity index (χ1n) is 12.5. The Hall–Kier alpha value is -2.98. The second kappa shape index (κ2) is 9.76. The minimum atomic E-state index is -2.66. The number of methoxy groups -OCH3 is 1. The van der Waals surface area contributed by atoms with Gasteiger partial charge in [-0.2, -0.15) is 0 Å². The summed E-state index contributed by atoms with van der Waals surface area (Å²) >= 11 is 15.7. The molecule has 226 valence electrons. The number of allylic oxidation sites excluding steroid dienone is 2. The zero-order valence-electron chi connectivity index (χ0n) is 21.4. The summed E-state index contributed by atoms with van der Waals surface area (Å²) in [6.07, 6.45) is 0.966. The van der Waals surface area contributed by atoms with Gasteiger partial charge in [0.05, 0.1) is 22.5 Å². The number of nitrogens with one attached hydrogen (secondary N) is 1. The van der Waals surface area contributed by atoms with Gasteiger partial charge in [0.2, 0.25) is 17.6 Å². The topological polar surface area (TPSA) is 113 Å². The highest BCUT2D eigenvalue weighted by molar-refractivity contribution is 14.1. The summed E-state index contributed by atoms with van der Waals surface area (Å²) < 4.78 is 77.8. The van der Waals surface area contributed by atoms with Gasteiger partial charge in [0, 0.05) is 5.92 Å². The van der Waals surface area contributed by atoms with E-state index in [0.29, 0.717) is 0 Å². The Morgan fingerprint density at radius 2 is 1.56 bits per heavy atom. The molecule has 6 rings (SSSR count). The number of amides is 4. The first-order chi connectivity index (χ1) is 20.1. The zero-order chi connectivity index (χ0) is 31.5. The largest absolute Gasteiger partial charge is 0.504 e. The fourth-order valence-corrected chi connectivity index (χ4v) is 8.33. The molecular weight excluding hydrogens is 741 g/mol. The van der Waals surface area contributed by atoms with E-state index in [9.17, 15) is 37.5 Å². The summed E-state index contributed by atoms with van der Waals surface area (Å²) in [5.41, 5.74) is -1.47. The van der Waals surface area contributed by atoms with Gasteiger partial charge in [-0.3, -0.25) is 24.5 Å². The first kappa shape index (κ1) is 30.1. The van der Waals surface area contributed by atoms with E-state index in [0.717, 1.165) is 0 Å². The van der Waals surface area contributed by atoms with E-state index in [1.165, 1.54) is 19.2 Å². The number of ether oxygens (including phenoxy) is 1. The van der Waals surface area contributed by atoms with E-state index in [1.54, 1.807) is 28.7 Å². The number of alkyl halides is 2. The molecule has 6 atom stereocenters. The van der Waals surface area contributed by atoms with Crippen molar-refractivity contribution in [2.75, 3.05) is 12.0 Å². The number of hydrogen-bond acceptors (Lipinski definition) is 6. The zero-order valence-corrected chi connectivity index (χ0v) is 25.1. The third kappa shape index (κ3) is 3.71. The normalized spacial score (nSPS) is 31.5. The van der Waals surface area contributed by atoms with Crippen LogP contribution in [-0.4, -0.2) is 45.6 Å². The number of nitrogens with zero attached hydrogens (tertiary/aromatic N) is 1. The second-order valence-corrected chi connectivity index (χ2v) is 13.0. The van der Waals surface area contributed by atoms with E-state index in [2.05, 4.69) is 5.32 Å². The number of imide groups is 2. The lowest BCUT2D eigenvalue weighted by atomic mass is 9.56. The number of carbonyl (C=O) groups is 4. The molecule has 1 saturated carbocycles. The predicted octanol–water partition coefficient (Wildman–Crippen LogP) is 4.55. The smallest absolute Gasteiger partial charge is 0.258 e. The van der Waals surface area contributed by atoms with Crippen molar-refractivity contribution < 1.29 is 51.0 Å². The van der Waals surface area contributed by atoms with Gasteiger partial charge in [0.25, 0.3) is 11.8 Å². The van der Waals surface area contributed by atoms with E-state index in [-0.39, 0.29) is 37.5 Å². The molecule has 0 unspecified atom stereocenters. The van der Waals surface area contributed by atoms with E-state index < -0.39 is 98.2 Å². The Morgan fingerprint density at radius 3 is 2.16 bits per heavy atom. The van der Waals surface area contributed by atoms with Gasteiger partial charge in [0.1, 0.15) is 5.69 Å². The Labute approximate surface area is 262 Å². The monoisotopic (exact) mass is 756 g/mol. The Bertz CT molecular complexity index is 1710. The molecular formula is C27H16Cl2F5IN2O6. The second-order valence-electron chi connectivity index (χ2n) is 10.6. The van der Waals surface area contributed by atoms with Crippen LogP contribution in [0.4, 0.5) is 27.6 Å². The minimum Gasteiger partial charge on any atom is -0.504 e. The molecule has 2 aromatic rings. The predicted molar refractivity (Wildman–Crippen MR) is 147 cm³/mol. The van der Waals surface area contributed by atoms with Gasteiger partial charge in [0.15, 0.2) is 44.5 Å². The van der Waals surface area contributed by atoms with Crippen molar-refractivity contribution in [3.05, 3.63) is 62.0 Å². The van der Waals surface area contributed by atoms with Crippen LogP contribution in [0.25, 0.3) is 0 Å². The molecule has 3 fully saturated rings. The van der Waals surface area contributed by atoms with Gasteiger partial charge in [-0.1, -0.05) is 11.6 Å². The number of fused-ring (bicyclic) bond motifs is 4. The van der Waals surface area contributed by atoms with Crippen LogP contribution >= 0.6 is 45.8 Å². The summed E-state index contributed by atoms with van der Waals surface area (Å²) in [4.78, 5) is 48.1. The van der Waals surface area contributed by atoms with Crippen molar-refractivity contribution in [3.63, 3.8) is 0 Å². The van der Waals surface area contributed by atoms with Crippen LogP contribution < -0.4 is 15.0 Å². The molecule has 0 spiro atoms. The Balaban J connectivity index is 1.64. The third-order valence-corrected chi connectivity index (χ3v) is 10.9. The molecule has 8 nitrogen and oxygen atoms in total. The van der Waals surface area contributed by atoms with Crippen molar-refractivity contribution >= 4 is 75.1 Å². The summed E-state index contributed by atoms with van der Waals surface area (Å²) in [6, 6.07) is 2.65. The molecule has 0 bridgehead atoms. The quantitative estimate of drug-likeness (QED) is 0.0905. The highest BCUT2D eigenvalue weighted by Crippen LogP contribution is 2.66. The van der Waals surface area contributed by atoms with Crippen molar-refractivity contribution in [2.24, 2.45) is 17.8 Å². The van der Waals surface area contributed by atoms with Crippen molar-refractivity contribution in [2.45, 2.75) is 28.5 Å². The summed E-state index contributed by atoms with van der Waals surface area (Å²) in [6.45, 7) is 0. The van der Waals surface area contributed by atoms with Gasteiger partial charge in [-0.05, 0) is 59.0 Å². The molecule has 2 saturated heterocycles. The Kier molecular flexibility index (Phi) is 6.82. The van der Waals surface area contributed by atoms with Crippen LogP contribution in [0.1, 0.15) is 24.3 Å². The van der Waals surface area contributed by atoms with E-state index in [4.69, 9.17) is 27.9 Å². The van der Waals surface area contributed by atoms with Gasteiger partial charge in [-0.15, -0.1) is 23.2 Å². The fourth-order valence-electron chi connectivity index (χ4n) is 6.77. The number of rotatable bonds is 3. The minimum absolute atomic E-state index is 0.0165. The maximum atomic E-state index is 15.0. The number of benzene rings is 2. The van der Waals surface area contributed by atoms with Crippen LogP contribution in [0.3, 0.4) is 0 Å². The molecule has 2 N–H and O–H groups in total. The highest BCUT2D eigenvalue weighted by Gasteiger charge is 2.77. The SMILES string of the molecule is COc1cc([C@H]2C3=CC[C@@H]4C(=O)NC(=O)[C@@H]4[C@@H]3C[C@@]3(Cl)C(=O)N(c4c(F)c(F)c(F)c(F)c4F)C(=O)[C@@]23Cl)cc(I)c1O. The lowest BCUT2D eigenvalue weighted by Crippen LogP contribution is -2.60. The number of carbonyl (C=O) groups excluding carboxylic acids is 4. The summed E-state index contributed by atoms with van der Waals surface area (Å²) in [5, 5.41) is 12.7. The van der Waals surface area contributed by atoms with Crippen LogP contribution in [0.5, 0.6) is 11.5 Å². The van der Waals surface area contributed by atoms with Crippen LogP contribution in [-0.2, 0) is 19.2 Å². The molecule has 0 aromatic heterocycles. The lowest BCUT2D eigenvalue weighted by Gasteiger charge is -2.50. The molecule has 2 aliphatic carbocycles. The molecule has 4 amide bonds. The molecule has 4 aliphatic rings. The maximum Gasteiger partial charge on any atom is 0.258 e. The molecule has 2 aliphatic heterocycles. The number of hydrogen-bond donors (Lipinski definition) is 2. The maximum absolute atomic E-state index is 15.0. The van der Waals surface area contributed by atoms with Crippen molar-refractivity contribution in [3.8, 4) is 11.5 Å². The van der Waals surface area contributed by atoms with Crippen LogP contribution in [0.2, 0.25) is 0 Å². The molecule has 16 heteroatoms. The van der Waals surface area contributed by atoms with Crippen molar-refractivity contribution in [1.82, 2.24) is 5.32 Å². The molecule has 2 aromatic carbocycles. The lowest BCUT2D eigenvalue weighted by molar-refractivity contribution is -0.127. The summed E-state index contributed by atoms with van der Waals surface area (Å²) in [5.74, 6) is -21.5. The van der Waals surface area contributed by atoms with E-state index >= 15 is 8.78 Å². The standard InChI is InChI=1S/C27H16Cl2F5IN2O6/c1-43-12-5-7(4-11(35)21(12)38)14-8-2-3-9-13(23(40)36-22(9)39)10(8)6-26(28)24(41)37(25(42)27(14,26)29)20-18(33)16(31)15(30)17(32)19(20)34/h2,4-5,9-10,13-14,38H,3,6H2,1H3,(H,36,39,40)/t9-,10+,13-,14-,26+,27-/m0/s1. The average molecular weight is 757 g/mol. The molecule has 2 heterocycles. The molecule has 0 radical (unpaired) electrons. The number of phenolic OH excluding ortho intramolecular Hbond substituents is 1. The van der Waals surface area contributed by atoms with Gasteiger partial charge < -0.3 is 9.84 Å². The van der Waals surface area contributed by atoms with Crippen LogP contribution in [0.15, 0.2) is 23.8 Å². The Morgan fingerprint density at radius 1 is 0.953 bits per heavy atom. The number of halogens is 8. The fraction of sp³-hybridized carbons (Fsp3) is 0.333. The summed E-state index contributed by atoms with van der Waals surface area (Å²) in [7, 11) is 1.23. The van der Waals surface area contributed by atoms with Crippen LogP contribution in [0, 0.1) is 50.4 Å². The number of anilines is 1. The number of phenols is 1. The van der Waals surface area contributed by atoms with Gasteiger partial charge in [-0.25, -0.2) is 26.9 Å². The van der Waals surface area contributed by atoms with Crippen molar-refractivity contribution in [1.29, 1.82) is 0 Å². The average Bonchev–Trinajstić information content (AvgIpc) is 3.34. The van der Waals surface area contributed by atoms with Gasteiger partial charge >= 0.3 is 0 Å². The third-order valence-electron chi connectivity index (χ3n) is 8.67. The molecule has 43 heavy (non-hydrogen) atoms. The highest BCUT2D eigenvalue weighted by atomic mass is 127. The van der Waals surface area contributed by atoms with E-state index in [1.807, 2.05) is 0 Å². The number of aromatic hydroxyl groups is 1. The first-order valence-corrected chi connectivity index (χ1v) is 14.3.